The molecule has 2 aliphatic heterocycles. The molecule has 0 unspecified atom stereocenters. The molecule has 2 aliphatic rings. The van der Waals surface area contributed by atoms with Gasteiger partial charge in [0.05, 0.1) is 0 Å². The van der Waals surface area contributed by atoms with Crippen LogP contribution in [0.25, 0.3) is 0 Å². The maximum Gasteiger partial charge on any atom is 0.274 e. The summed E-state index contributed by atoms with van der Waals surface area (Å²) in [6.07, 6.45) is 1.89. The SMILES string of the molecule is CC(C)n1ccc(C(=O)N2C[C@H]3CN(c4ccccc4)C[C@@H]3C2)n1. The highest BCUT2D eigenvalue weighted by molar-refractivity contribution is 5.92. The quantitative estimate of drug-likeness (QED) is 0.872. The van der Waals surface area contributed by atoms with Crippen molar-refractivity contribution < 1.29 is 4.79 Å². The van der Waals surface area contributed by atoms with Crippen LogP contribution in [0.3, 0.4) is 0 Å². The maximum absolute atomic E-state index is 12.7. The molecule has 2 atom stereocenters. The van der Waals surface area contributed by atoms with Crippen LogP contribution in [0.1, 0.15) is 30.4 Å². The summed E-state index contributed by atoms with van der Waals surface area (Å²) in [5.74, 6) is 1.22. The minimum absolute atomic E-state index is 0.0788. The molecule has 5 heteroatoms. The topological polar surface area (TPSA) is 41.4 Å². The van der Waals surface area contributed by atoms with E-state index in [4.69, 9.17) is 0 Å². The van der Waals surface area contributed by atoms with Crippen molar-refractivity contribution in [2.45, 2.75) is 19.9 Å². The van der Waals surface area contributed by atoms with E-state index in [1.807, 2.05) is 21.8 Å². The molecule has 0 bridgehead atoms. The highest BCUT2D eigenvalue weighted by Gasteiger charge is 2.42. The number of likely N-dealkylation sites (tertiary alicyclic amines) is 1. The molecule has 2 saturated heterocycles. The number of aromatic nitrogens is 2. The average molecular weight is 324 g/mol. The van der Waals surface area contributed by atoms with E-state index in [0.29, 0.717) is 17.5 Å². The molecule has 1 aromatic heterocycles. The smallest absolute Gasteiger partial charge is 0.274 e. The van der Waals surface area contributed by atoms with E-state index in [2.05, 4.69) is 54.2 Å². The maximum atomic E-state index is 12.7. The first kappa shape index (κ1) is 15.2. The van der Waals surface area contributed by atoms with Crippen LogP contribution < -0.4 is 4.90 Å². The highest BCUT2D eigenvalue weighted by atomic mass is 16.2. The average Bonchev–Trinajstić information content (AvgIpc) is 3.29. The normalized spacial score (nSPS) is 23.1. The molecule has 5 nitrogen and oxygen atoms in total. The number of hydrogen-bond acceptors (Lipinski definition) is 3. The van der Waals surface area contributed by atoms with Gasteiger partial charge in [-0.05, 0) is 32.0 Å². The zero-order chi connectivity index (χ0) is 16.7. The Labute approximate surface area is 142 Å². The van der Waals surface area contributed by atoms with Crippen LogP contribution in [0, 0.1) is 11.8 Å². The Bertz CT molecular complexity index is 710. The molecule has 126 valence electrons. The molecule has 0 saturated carbocycles. The van der Waals surface area contributed by atoms with Crippen molar-refractivity contribution in [3.63, 3.8) is 0 Å². The van der Waals surface area contributed by atoms with Gasteiger partial charge in [-0.3, -0.25) is 9.48 Å². The van der Waals surface area contributed by atoms with Gasteiger partial charge in [-0.25, -0.2) is 0 Å². The Morgan fingerprint density at radius 2 is 1.71 bits per heavy atom. The lowest BCUT2D eigenvalue weighted by Gasteiger charge is -2.22. The first-order valence-electron chi connectivity index (χ1n) is 8.76. The van der Waals surface area contributed by atoms with E-state index in [1.165, 1.54) is 5.69 Å². The molecule has 2 fully saturated rings. The number of anilines is 1. The molecule has 1 amide bonds. The summed E-state index contributed by atoms with van der Waals surface area (Å²) in [5.41, 5.74) is 1.86. The van der Waals surface area contributed by atoms with Crippen molar-refractivity contribution in [2.75, 3.05) is 31.1 Å². The first-order valence-corrected chi connectivity index (χ1v) is 8.76. The molecular formula is C19H24N4O. The lowest BCUT2D eigenvalue weighted by Crippen LogP contribution is -2.33. The Balaban J connectivity index is 1.41. The third-order valence-corrected chi connectivity index (χ3v) is 5.25. The predicted octanol–water partition coefficient (Wildman–Crippen LogP) is 2.67. The fraction of sp³-hybridized carbons (Fsp3) is 0.474. The second-order valence-corrected chi connectivity index (χ2v) is 7.25. The van der Waals surface area contributed by atoms with E-state index in [9.17, 15) is 4.79 Å². The Morgan fingerprint density at radius 1 is 1.04 bits per heavy atom. The van der Waals surface area contributed by atoms with Crippen molar-refractivity contribution in [3.05, 3.63) is 48.3 Å². The number of rotatable bonds is 3. The van der Waals surface area contributed by atoms with Crippen LogP contribution in [0.4, 0.5) is 5.69 Å². The van der Waals surface area contributed by atoms with Gasteiger partial charge >= 0.3 is 0 Å². The third kappa shape index (κ3) is 2.68. The molecular weight excluding hydrogens is 300 g/mol. The van der Waals surface area contributed by atoms with E-state index >= 15 is 0 Å². The molecule has 4 rings (SSSR count). The van der Waals surface area contributed by atoms with E-state index < -0.39 is 0 Å². The van der Waals surface area contributed by atoms with Crippen molar-refractivity contribution in [1.82, 2.24) is 14.7 Å². The van der Waals surface area contributed by atoms with Crippen LogP contribution >= 0.6 is 0 Å². The summed E-state index contributed by atoms with van der Waals surface area (Å²) < 4.78 is 1.85. The second-order valence-electron chi connectivity index (χ2n) is 7.25. The second kappa shape index (κ2) is 5.96. The van der Waals surface area contributed by atoms with Gasteiger partial charge in [0.2, 0.25) is 0 Å². The third-order valence-electron chi connectivity index (χ3n) is 5.25. The fourth-order valence-corrected chi connectivity index (χ4v) is 3.91. The highest BCUT2D eigenvalue weighted by Crippen LogP contribution is 2.34. The lowest BCUT2D eigenvalue weighted by molar-refractivity contribution is 0.0775. The van der Waals surface area contributed by atoms with Gasteiger partial charge in [0, 0.05) is 55.9 Å². The summed E-state index contributed by atoms with van der Waals surface area (Å²) in [6, 6.07) is 12.7. The summed E-state index contributed by atoms with van der Waals surface area (Å²) >= 11 is 0. The molecule has 0 aliphatic carbocycles. The van der Waals surface area contributed by atoms with Crippen molar-refractivity contribution >= 4 is 11.6 Å². The minimum Gasteiger partial charge on any atom is -0.371 e. The molecule has 1 aromatic carbocycles. The largest absolute Gasteiger partial charge is 0.371 e. The molecule has 0 N–H and O–H groups in total. The van der Waals surface area contributed by atoms with Crippen molar-refractivity contribution in [3.8, 4) is 0 Å². The van der Waals surface area contributed by atoms with Crippen LogP contribution in [-0.2, 0) is 0 Å². The van der Waals surface area contributed by atoms with Crippen molar-refractivity contribution in [1.29, 1.82) is 0 Å². The zero-order valence-electron chi connectivity index (χ0n) is 14.3. The number of carbonyl (C=O) groups is 1. The van der Waals surface area contributed by atoms with Gasteiger partial charge in [-0.2, -0.15) is 5.10 Å². The number of nitrogens with zero attached hydrogens (tertiary/aromatic N) is 4. The van der Waals surface area contributed by atoms with Gasteiger partial charge in [0.1, 0.15) is 5.69 Å². The monoisotopic (exact) mass is 324 g/mol. The van der Waals surface area contributed by atoms with Crippen LogP contribution in [0.5, 0.6) is 0 Å². The van der Waals surface area contributed by atoms with Gasteiger partial charge < -0.3 is 9.80 Å². The summed E-state index contributed by atoms with van der Waals surface area (Å²) in [5, 5.41) is 4.43. The lowest BCUT2D eigenvalue weighted by atomic mass is 10.0. The minimum atomic E-state index is 0.0788. The zero-order valence-corrected chi connectivity index (χ0v) is 14.3. The number of carbonyl (C=O) groups excluding carboxylic acids is 1. The van der Waals surface area contributed by atoms with Crippen LogP contribution in [-0.4, -0.2) is 46.8 Å². The summed E-state index contributed by atoms with van der Waals surface area (Å²) in [6.45, 7) is 7.92. The number of fused-ring (bicyclic) bond motifs is 1. The molecule has 24 heavy (non-hydrogen) atoms. The summed E-state index contributed by atoms with van der Waals surface area (Å²) in [7, 11) is 0. The first-order chi connectivity index (χ1) is 11.6. The molecule has 3 heterocycles. The van der Waals surface area contributed by atoms with E-state index in [-0.39, 0.29) is 11.9 Å². The molecule has 0 radical (unpaired) electrons. The summed E-state index contributed by atoms with van der Waals surface area (Å²) in [4.78, 5) is 17.1. The van der Waals surface area contributed by atoms with Crippen LogP contribution in [0.2, 0.25) is 0 Å². The molecule has 0 spiro atoms. The van der Waals surface area contributed by atoms with Gasteiger partial charge in [-0.1, -0.05) is 18.2 Å². The number of amides is 1. The Hall–Kier alpha value is -2.30. The number of hydrogen-bond donors (Lipinski definition) is 0. The van der Waals surface area contributed by atoms with Gasteiger partial charge in [-0.15, -0.1) is 0 Å². The predicted molar refractivity (Wildman–Crippen MR) is 94.2 cm³/mol. The Kier molecular flexibility index (Phi) is 3.79. The number of benzene rings is 1. The van der Waals surface area contributed by atoms with Gasteiger partial charge in [0.15, 0.2) is 0 Å². The van der Waals surface area contributed by atoms with E-state index in [0.717, 1.165) is 26.2 Å². The van der Waals surface area contributed by atoms with E-state index in [1.54, 1.807) is 0 Å². The van der Waals surface area contributed by atoms with Crippen molar-refractivity contribution in [2.24, 2.45) is 11.8 Å². The standard InChI is InChI=1S/C19H24N4O/c1-14(2)23-9-8-18(20-23)19(24)22-12-15-10-21(11-16(15)13-22)17-6-4-3-5-7-17/h3-9,14-16H,10-13H2,1-2H3/t15-,16-/m1/s1. The fourth-order valence-electron chi connectivity index (χ4n) is 3.91. The number of para-hydroxylation sites is 1. The van der Waals surface area contributed by atoms with Gasteiger partial charge in [0.25, 0.3) is 5.91 Å². The van der Waals surface area contributed by atoms with Crippen LogP contribution in [0.15, 0.2) is 42.6 Å². The Morgan fingerprint density at radius 3 is 2.29 bits per heavy atom. The molecule has 2 aromatic rings.